The standard InChI is InChI=1S/C19H21NOS/c1-20-17-5-6-18(20)10-16(9-17)14-2-3-15-11-19(21-12-22)7-4-13(15)8-14/h2-4,7-9,11,17-18,22H,5-6,10,12H2,1H3. The van der Waals surface area contributed by atoms with Gasteiger partial charge >= 0.3 is 0 Å². The van der Waals surface area contributed by atoms with E-state index < -0.39 is 0 Å². The van der Waals surface area contributed by atoms with E-state index in [0.717, 1.165) is 11.8 Å². The van der Waals surface area contributed by atoms with Crippen LogP contribution < -0.4 is 4.74 Å². The SMILES string of the molecule is CN1C2C=C(c3ccc4cc(OCS)ccc4c3)CC1CC2. The molecule has 2 nitrogen and oxygen atoms in total. The molecule has 2 unspecified atom stereocenters. The molecule has 1 saturated heterocycles. The molecule has 0 aliphatic carbocycles. The van der Waals surface area contributed by atoms with Gasteiger partial charge in [-0.3, -0.25) is 4.90 Å². The molecular weight excluding hydrogens is 290 g/mol. The van der Waals surface area contributed by atoms with Crippen LogP contribution >= 0.6 is 12.6 Å². The van der Waals surface area contributed by atoms with Gasteiger partial charge in [-0.15, -0.1) is 12.6 Å². The first-order valence-electron chi connectivity index (χ1n) is 7.95. The highest BCUT2D eigenvalue weighted by Gasteiger charge is 2.33. The molecule has 0 spiro atoms. The molecule has 0 saturated carbocycles. The number of benzene rings is 2. The van der Waals surface area contributed by atoms with E-state index in [4.69, 9.17) is 4.74 Å². The van der Waals surface area contributed by atoms with Gasteiger partial charge < -0.3 is 4.74 Å². The molecule has 2 atom stereocenters. The van der Waals surface area contributed by atoms with Crippen LogP contribution in [0.1, 0.15) is 24.8 Å². The van der Waals surface area contributed by atoms with E-state index in [-0.39, 0.29) is 0 Å². The lowest BCUT2D eigenvalue weighted by atomic mass is 9.93. The lowest BCUT2D eigenvalue weighted by Gasteiger charge is -2.30. The molecule has 3 heteroatoms. The lowest BCUT2D eigenvalue weighted by Crippen LogP contribution is -2.34. The fourth-order valence-electron chi connectivity index (χ4n) is 3.84. The molecule has 114 valence electrons. The Morgan fingerprint density at radius 1 is 1.14 bits per heavy atom. The Bertz CT molecular complexity index is 739. The van der Waals surface area contributed by atoms with Crippen molar-refractivity contribution in [3.63, 3.8) is 0 Å². The Morgan fingerprint density at radius 3 is 2.77 bits per heavy atom. The summed E-state index contributed by atoms with van der Waals surface area (Å²) in [6.07, 6.45) is 6.30. The van der Waals surface area contributed by atoms with Crippen molar-refractivity contribution in [2.24, 2.45) is 0 Å². The third kappa shape index (κ3) is 2.42. The Hall–Kier alpha value is -1.45. The van der Waals surface area contributed by atoms with Crippen LogP contribution in [0, 0.1) is 0 Å². The third-order valence-corrected chi connectivity index (χ3v) is 5.29. The zero-order valence-corrected chi connectivity index (χ0v) is 13.7. The molecule has 2 aliphatic rings. The predicted molar refractivity (Wildman–Crippen MR) is 95.6 cm³/mol. The fourth-order valence-corrected chi connectivity index (χ4v) is 3.99. The summed E-state index contributed by atoms with van der Waals surface area (Å²) in [5.41, 5.74) is 2.89. The average Bonchev–Trinajstić information content (AvgIpc) is 2.76. The summed E-state index contributed by atoms with van der Waals surface area (Å²) in [5, 5.41) is 2.50. The molecule has 0 aromatic heterocycles. The average molecular weight is 311 g/mol. The minimum atomic E-state index is 0.409. The third-order valence-electron chi connectivity index (χ3n) is 5.16. The Balaban J connectivity index is 1.68. The molecule has 0 N–H and O–H groups in total. The van der Waals surface area contributed by atoms with E-state index in [0.29, 0.717) is 12.0 Å². The fraction of sp³-hybridized carbons (Fsp3) is 0.368. The maximum absolute atomic E-state index is 5.46. The van der Waals surface area contributed by atoms with Crippen molar-refractivity contribution in [1.29, 1.82) is 0 Å². The van der Waals surface area contributed by atoms with Crippen LogP contribution in [0.4, 0.5) is 0 Å². The second kappa shape index (κ2) is 5.64. The second-order valence-electron chi connectivity index (χ2n) is 6.36. The highest BCUT2D eigenvalue weighted by atomic mass is 32.1. The van der Waals surface area contributed by atoms with E-state index >= 15 is 0 Å². The van der Waals surface area contributed by atoms with Crippen LogP contribution in [0.5, 0.6) is 5.75 Å². The maximum Gasteiger partial charge on any atom is 0.131 e. The van der Waals surface area contributed by atoms with E-state index in [1.54, 1.807) is 0 Å². The monoisotopic (exact) mass is 311 g/mol. The van der Waals surface area contributed by atoms with Crippen molar-refractivity contribution in [3.8, 4) is 5.75 Å². The summed E-state index contributed by atoms with van der Waals surface area (Å²) in [6.45, 7) is 0. The molecule has 2 aromatic carbocycles. The Morgan fingerprint density at radius 2 is 1.95 bits per heavy atom. The molecule has 22 heavy (non-hydrogen) atoms. The summed E-state index contributed by atoms with van der Waals surface area (Å²) < 4.78 is 5.46. The lowest BCUT2D eigenvalue weighted by molar-refractivity contribution is 0.264. The van der Waals surface area contributed by atoms with Gasteiger partial charge in [0.2, 0.25) is 0 Å². The van der Waals surface area contributed by atoms with Gasteiger partial charge in [0.1, 0.15) is 11.7 Å². The molecular formula is C19H21NOS. The van der Waals surface area contributed by atoms with Gasteiger partial charge in [-0.05, 0) is 66.4 Å². The number of thiol groups is 1. The number of ether oxygens (including phenoxy) is 1. The van der Waals surface area contributed by atoms with Crippen molar-refractivity contribution in [2.75, 3.05) is 13.0 Å². The number of rotatable bonds is 3. The molecule has 1 fully saturated rings. The van der Waals surface area contributed by atoms with Gasteiger partial charge in [0.05, 0.1) is 0 Å². The maximum atomic E-state index is 5.46. The number of hydrogen-bond donors (Lipinski definition) is 1. The first-order valence-corrected chi connectivity index (χ1v) is 8.58. The van der Waals surface area contributed by atoms with E-state index in [2.05, 4.69) is 61.0 Å². The first-order chi connectivity index (χ1) is 10.7. The predicted octanol–water partition coefficient (Wildman–Crippen LogP) is 4.36. The van der Waals surface area contributed by atoms with Gasteiger partial charge in [-0.25, -0.2) is 0 Å². The van der Waals surface area contributed by atoms with Crippen LogP contribution in [-0.2, 0) is 0 Å². The highest BCUT2D eigenvalue weighted by molar-refractivity contribution is 7.80. The number of fused-ring (bicyclic) bond motifs is 3. The summed E-state index contributed by atoms with van der Waals surface area (Å²) in [4.78, 5) is 2.53. The van der Waals surface area contributed by atoms with E-state index in [1.165, 1.54) is 41.2 Å². The molecule has 0 radical (unpaired) electrons. The Labute approximate surface area is 137 Å². The largest absolute Gasteiger partial charge is 0.483 e. The quantitative estimate of drug-likeness (QED) is 0.668. The zero-order chi connectivity index (χ0) is 15.1. The Kier molecular flexibility index (Phi) is 3.63. The minimum absolute atomic E-state index is 0.409. The topological polar surface area (TPSA) is 12.5 Å². The van der Waals surface area contributed by atoms with Gasteiger partial charge in [0.25, 0.3) is 0 Å². The summed E-state index contributed by atoms with van der Waals surface area (Å²) in [5.74, 6) is 1.29. The molecule has 2 bridgehead atoms. The van der Waals surface area contributed by atoms with Crippen LogP contribution in [0.3, 0.4) is 0 Å². The highest BCUT2D eigenvalue weighted by Crippen LogP contribution is 2.38. The van der Waals surface area contributed by atoms with Crippen molar-refractivity contribution in [1.82, 2.24) is 4.90 Å². The molecule has 0 amide bonds. The van der Waals surface area contributed by atoms with Crippen molar-refractivity contribution < 1.29 is 4.74 Å². The van der Waals surface area contributed by atoms with Gasteiger partial charge in [0.15, 0.2) is 0 Å². The molecule has 2 aliphatic heterocycles. The van der Waals surface area contributed by atoms with Crippen LogP contribution in [0.25, 0.3) is 16.3 Å². The van der Waals surface area contributed by atoms with E-state index in [9.17, 15) is 0 Å². The number of nitrogens with zero attached hydrogens (tertiary/aromatic N) is 1. The second-order valence-corrected chi connectivity index (χ2v) is 6.62. The van der Waals surface area contributed by atoms with Gasteiger partial charge in [-0.1, -0.05) is 24.3 Å². The molecule has 4 rings (SSSR count). The van der Waals surface area contributed by atoms with Crippen LogP contribution in [0.2, 0.25) is 0 Å². The van der Waals surface area contributed by atoms with Crippen LogP contribution in [-0.4, -0.2) is 30.0 Å². The normalized spacial score (nSPS) is 24.5. The minimum Gasteiger partial charge on any atom is -0.483 e. The van der Waals surface area contributed by atoms with Crippen LogP contribution in [0.15, 0.2) is 42.5 Å². The van der Waals surface area contributed by atoms with Crippen molar-refractivity contribution in [3.05, 3.63) is 48.0 Å². The van der Waals surface area contributed by atoms with E-state index in [1.807, 2.05) is 6.07 Å². The number of likely N-dealkylation sites (N-methyl/N-ethyl adjacent to an activating group) is 1. The number of hydrogen-bond acceptors (Lipinski definition) is 3. The smallest absolute Gasteiger partial charge is 0.131 e. The molecule has 2 heterocycles. The summed E-state index contributed by atoms with van der Waals surface area (Å²) in [7, 11) is 2.26. The summed E-state index contributed by atoms with van der Waals surface area (Å²) in [6, 6.07) is 14.4. The summed E-state index contributed by atoms with van der Waals surface area (Å²) >= 11 is 4.11. The molecule has 2 aromatic rings. The van der Waals surface area contributed by atoms with Crippen molar-refractivity contribution >= 4 is 29.0 Å². The van der Waals surface area contributed by atoms with Gasteiger partial charge in [0, 0.05) is 12.1 Å². The zero-order valence-electron chi connectivity index (χ0n) is 12.8. The van der Waals surface area contributed by atoms with Crippen molar-refractivity contribution in [2.45, 2.75) is 31.3 Å². The first kappa shape index (κ1) is 14.2. The van der Waals surface area contributed by atoms with Gasteiger partial charge in [-0.2, -0.15) is 0 Å².